The molecule has 0 bridgehead atoms. The van der Waals surface area contributed by atoms with Gasteiger partial charge in [0.2, 0.25) is 0 Å². The second kappa shape index (κ2) is 7.34. The third-order valence-electron chi connectivity index (χ3n) is 4.03. The number of hydrogen-bond donors (Lipinski definition) is 1. The van der Waals surface area contributed by atoms with Crippen LogP contribution in [0.15, 0.2) is 0 Å². The van der Waals surface area contributed by atoms with E-state index in [1.54, 1.807) is 0 Å². The molecule has 2 heterocycles. The molecule has 0 spiro atoms. The van der Waals surface area contributed by atoms with Crippen molar-refractivity contribution in [1.82, 2.24) is 5.32 Å². The van der Waals surface area contributed by atoms with Gasteiger partial charge >= 0.3 is 0 Å². The van der Waals surface area contributed by atoms with Crippen molar-refractivity contribution in [2.45, 2.75) is 57.6 Å². The molecule has 2 unspecified atom stereocenters. The lowest BCUT2D eigenvalue weighted by Gasteiger charge is -2.32. The Balaban J connectivity index is 1.81. The molecule has 100 valence electrons. The molecule has 2 atom stereocenters. The monoisotopic (exact) mass is 241 g/mol. The molecule has 2 fully saturated rings. The van der Waals surface area contributed by atoms with Crippen molar-refractivity contribution in [2.24, 2.45) is 5.92 Å². The highest BCUT2D eigenvalue weighted by Crippen LogP contribution is 2.25. The maximum absolute atomic E-state index is 5.78. The third kappa shape index (κ3) is 4.23. The first-order chi connectivity index (χ1) is 8.40. The fourth-order valence-corrected chi connectivity index (χ4v) is 3.00. The molecule has 0 amide bonds. The summed E-state index contributed by atoms with van der Waals surface area (Å²) in [4.78, 5) is 0. The molecule has 0 radical (unpaired) electrons. The molecule has 17 heavy (non-hydrogen) atoms. The minimum atomic E-state index is 0.507. The molecule has 0 aromatic carbocycles. The molecule has 3 nitrogen and oxygen atoms in total. The molecule has 0 saturated carbocycles. The summed E-state index contributed by atoms with van der Waals surface area (Å²) in [7, 11) is 0. The van der Waals surface area contributed by atoms with E-state index >= 15 is 0 Å². The van der Waals surface area contributed by atoms with E-state index in [9.17, 15) is 0 Å². The largest absolute Gasteiger partial charge is 0.381 e. The molecule has 0 aromatic rings. The van der Waals surface area contributed by atoms with Crippen LogP contribution in [0.1, 0.15) is 45.4 Å². The van der Waals surface area contributed by atoms with Crippen molar-refractivity contribution in [3.63, 3.8) is 0 Å². The first kappa shape index (κ1) is 13.3. The SMILES string of the molecule is CCCNC(CC1CCCO1)C1CCOCC1. The normalized spacial score (nSPS) is 28.4. The third-order valence-corrected chi connectivity index (χ3v) is 4.03. The molecule has 3 heteroatoms. The zero-order valence-corrected chi connectivity index (χ0v) is 11.1. The second-order valence-electron chi connectivity index (χ2n) is 5.38. The molecule has 1 N–H and O–H groups in total. The highest BCUT2D eigenvalue weighted by atomic mass is 16.5. The highest BCUT2D eigenvalue weighted by Gasteiger charge is 2.27. The Kier molecular flexibility index (Phi) is 5.75. The molecular formula is C14H27NO2. The van der Waals surface area contributed by atoms with Gasteiger partial charge in [-0.25, -0.2) is 0 Å². The van der Waals surface area contributed by atoms with Crippen molar-refractivity contribution in [3.8, 4) is 0 Å². The predicted molar refractivity (Wildman–Crippen MR) is 69.2 cm³/mol. The summed E-state index contributed by atoms with van der Waals surface area (Å²) in [6.45, 7) is 6.23. The first-order valence-corrected chi connectivity index (χ1v) is 7.33. The predicted octanol–water partition coefficient (Wildman–Crippen LogP) is 2.35. The van der Waals surface area contributed by atoms with Gasteiger partial charge in [0.05, 0.1) is 6.10 Å². The van der Waals surface area contributed by atoms with Gasteiger partial charge in [0.25, 0.3) is 0 Å². The summed E-state index contributed by atoms with van der Waals surface area (Å²) < 4.78 is 11.2. The smallest absolute Gasteiger partial charge is 0.0590 e. The van der Waals surface area contributed by atoms with Crippen LogP contribution < -0.4 is 5.32 Å². The van der Waals surface area contributed by atoms with Gasteiger partial charge in [-0.3, -0.25) is 0 Å². The minimum Gasteiger partial charge on any atom is -0.381 e. The van der Waals surface area contributed by atoms with Crippen LogP contribution in [-0.4, -0.2) is 38.5 Å². The number of nitrogens with one attached hydrogen (secondary N) is 1. The lowest BCUT2D eigenvalue weighted by molar-refractivity contribution is 0.0369. The van der Waals surface area contributed by atoms with E-state index in [2.05, 4.69) is 12.2 Å². The molecule has 2 aliphatic heterocycles. The fourth-order valence-electron chi connectivity index (χ4n) is 3.00. The number of ether oxygens (including phenoxy) is 2. The Bertz CT molecular complexity index is 198. The molecule has 2 aliphatic rings. The molecule has 0 aromatic heterocycles. The van der Waals surface area contributed by atoms with Crippen molar-refractivity contribution < 1.29 is 9.47 Å². The molecule has 2 rings (SSSR count). The summed E-state index contributed by atoms with van der Waals surface area (Å²) in [6, 6.07) is 0.641. The zero-order valence-electron chi connectivity index (χ0n) is 11.1. The van der Waals surface area contributed by atoms with Gasteiger partial charge in [0.15, 0.2) is 0 Å². The molecular weight excluding hydrogens is 214 g/mol. The Labute approximate surface area is 105 Å². The van der Waals surface area contributed by atoms with Crippen LogP contribution in [0.5, 0.6) is 0 Å². The topological polar surface area (TPSA) is 30.5 Å². The standard InChI is InChI=1S/C14H27NO2/c1-2-7-15-14(11-13-4-3-8-17-13)12-5-9-16-10-6-12/h12-15H,2-11H2,1H3. The fraction of sp³-hybridized carbons (Fsp3) is 1.00. The van der Waals surface area contributed by atoms with Crippen LogP contribution in [-0.2, 0) is 9.47 Å². The van der Waals surface area contributed by atoms with Crippen LogP contribution in [0.4, 0.5) is 0 Å². The number of hydrogen-bond acceptors (Lipinski definition) is 3. The zero-order chi connectivity index (χ0) is 11.9. The Hall–Kier alpha value is -0.120. The van der Waals surface area contributed by atoms with Gasteiger partial charge in [-0.05, 0) is 51.0 Å². The van der Waals surface area contributed by atoms with Gasteiger partial charge < -0.3 is 14.8 Å². The second-order valence-corrected chi connectivity index (χ2v) is 5.38. The van der Waals surface area contributed by atoms with Crippen molar-refractivity contribution in [3.05, 3.63) is 0 Å². The van der Waals surface area contributed by atoms with Crippen LogP contribution in [0.3, 0.4) is 0 Å². The summed E-state index contributed by atoms with van der Waals surface area (Å²) in [5.74, 6) is 0.791. The van der Waals surface area contributed by atoms with Crippen LogP contribution in [0.2, 0.25) is 0 Å². The van der Waals surface area contributed by atoms with Crippen molar-refractivity contribution >= 4 is 0 Å². The molecule has 0 aliphatic carbocycles. The van der Waals surface area contributed by atoms with E-state index in [0.717, 1.165) is 32.3 Å². The maximum atomic E-state index is 5.78. The van der Waals surface area contributed by atoms with Gasteiger partial charge in [-0.15, -0.1) is 0 Å². The Morgan fingerprint density at radius 1 is 1.18 bits per heavy atom. The van der Waals surface area contributed by atoms with Gasteiger partial charge in [0.1, 0.15) is 0 Å². The van der Waals surface area contributed by atoms with E-state index in [-0.39, 0.29) is 0 Å². The lowest BCUT2D eigenvalue weighted by Crippen LogP contribution is -2.41. The first-order valence-electron chi connectivity index (χ1n) is 7.33. The van der Waals surface area contributed by atoms with Crippen LogP contribution >= 0.6 is 0 Å². The summed E-state index contributed by atoms with van der Waals surface area (Å²) in [5, 5.41) is 3.73. The van der Waals surface area contributed by atoms with E-state index in [4.69, 9.17) is 9.47 Å². The van der Waals surface area contributed by atoms with Crippen LogP contribution in [0.25, 0.3) is 0 Å². The van der Waals surface area contributed by atoms with E-state index < -0.39 is 0 Å². The van der Waals surface area contributed by atoms with Crippen LogP contribution in [0, 0.1) is 5.92 Å². The average Bonchev–Trinajstić information content (AvgIpc) is 2.88. The van der Waals surface area contributed by atoms with E-state index in [1.807, 2.05) is 0 Å². The minimum absolute atomic E-state index is 0.507. The summed E-state index contributed by atoms with van der Waals surface area (Å²) >= 11 is 0. The Morgan fingerprint density at radius 2 is 2.00 bits per heavy atom. The van der Waals surface area contributed by atoms with Gasteiger partial charge in [-0.2, -0.15) is 0 Å². The quantitative estimate of drug-likeness (QED) is 0.774. The van der Waals surface area contributed by atoms with E-state index in [1.165, 1.54) is 38.5 Å². The molecule has 2 saturated heterocycles. The lowest BCUT2D eigenvalue weighted by atomic mass is 9.87. The summed E-state index contributed by atoms with van der Waals surface area (Å²) in [6.07, 6.45) is 7.86. The van der Waals surface area contributed by atoms with Crippen molar-refractivity contribution in [1.29, 1.82) is 0 Å². The maximum Gasteiger partial charge on any atom is 0.0590 e. The van der Waals surface area contributed by atoms with E-state index in [0.29, 0.717) is 12.1 Å². The highest BCUT2D eigenvalue weighted by molar-refractivity contribution is 4.82. The number of rotatable bonds is 6. The summed E-state index contributed by atoms with van der Waals surface area (Å²) in [5.41, 5.74) is 0. The average molecular weight is 241 g/mol. The van der Waals surface area contributed by atoms with Gasteiger partial charge in [0, 0.05) is 25.9 Å². The van der Waals surface area contributed by atoms with Gasteiger partial charge in [-0.1, -0.05) is 6.92 Å². The Morgan fingerprint density at radius 3 is 2.65 bits per heavy atom. The van der Waals surface area contributed by atoms with Crippen molar-refractivity contribution in [2.75, 3.05) is 26.4 Å².